The lowest BCUT2D eigenvalue weighted by Gasteiger charge is -2.23. The van der Waals surface area contributed by atoms with Crippen LogP contribution >= 0.6 is 11.6 Å². The van der Waals surface area contributed by atoms with Crippen LogP contribution in [0.5, 0.6) is 0 Å². The van der Waals surface area contributed by atoms with E-state index in [2.05, 4.69) is 0 Å². The zero-order valence-corrected chi connectivity index (χ0v) is 21.6. The first kappa shape index (κ1) is 26.7. The van der Waals surface area contributed by atoms with E-state index in [9.17, 15) is 13.6 Å². The number of benzene rings is 2. The smallest absolute Gasteiger partial charge is 0.409 e. The Kier molecular flexibility index (Phi) is 9.47. The third-order valence-electron chi connectivity index (χ3n) is 7.79. The van der Waals surface area contributed by atoms with Crippen LogP contribution in [0.1, 0.15) is 62.5 Å². The molecule has 2 N–H and O–H groups in total. The molecule has 36 heavy (non-hydrogen) atoms. The van der Waals surface area contributed by atoms with Gasteiger partial charge in [0.25, 0.3) is 0 Å². The Bertz CT molecular complexity index is 1030. The van der Waals surface area contributed by atoms with Gasteiger partial charge in [0, 0.05) is 13.1 Å². The summed E-state index contributed by atoms with van der Waals surface area (Å²) in [4.78, 5) is 14.4. The van der Waals surface area contributed by atoms with Crippen molar-refractivity contribution in [3.63, 3.8) is 0 Å². The first-order valence-corrected chi connectivity index (χ1v) is 13.6. The van der Waals surface area contributed by atoms with E-state index in [1.165, 1.54) is 44.2 Å². The van der Waals surface area contributed by atoms with E-state index < -0.39 is 11.6 Å². The summed E-state index contributed by atoms with van der Waals surface area (Å²) in [7, 11) is 0. The maximum Gasteiger partial charge on any atom is 0.409 e. The number of amides is 1. The highest BCUT2D eigenvalue weighted by molar-refractivity contribution is 6.33. The minimum atomic E-state index is -0.441. The highest BCUT2D eigenvalue weighted by Gasteiger charge is 2.30. The topological polar surface area (TPSA) is 55.6 Å². The summed E-state index contributed by atoms with van der Waals surface area (Å²) in [5, 5.41) is 0.492. The molecule has 0 radical (unpaired) electrons. The maximum atomic E-state index is 14.4. The highest BCUT2D eigenvalue weighted by Crippen LogP contribution is 2.31. The summed E-state index contributed by atoms with van der Waals surface area (Å²) in [6.07, 6.45) is 9.86. The number of nitrogens with zero attached hydrogens (tertiary/aromatic N) is 1. The van der Waals surface area contributed by atoms with Crippen molar-refractivity contribution < 1.29 is 18.3 Å². The molecular weight excluding hydrogens is 482 g/mol. The van der Waals surface area contributed by atoms with Crippen LogP contribution in [0.2, 0.25) is 5.02 Å². The van der Waals surface area contributed by atoms with Crippen LogP contribution in [0.25, 0.3) is 0 Å². The predicted molar refractivity (Wildman–Crippen MR) is 140 cm³/mol. The van der Waals surface area contributed by atoms with Crippen molar-refractivity contribution in [1.82, 2.24) is 4.90 Å². The van der Waals surface area contributed by atoms with Crippen LogP contribution in [0.3, 0.4) is 0 Å². The molecule has 1 saturated carbocycles. The number of nitrogens with two attached hydrogens (primary N) is 1. The van der Waals surface area contributed by atoms with Crippen molar-refractivity contribution in [2.45, 2.75) is 64.2 Å². The molecule has 0 spiro atoms. The number of ether oxygens (including phenoxy) is 1. The Hall–Kier alpha value is -2.34. The number of anilines is 1. The lowest BCUT2D eigenvalue weighted by Crippen LogP contribution is -2.30. The number of hydrogen-bond donors (Lipinski definition) is 1. The molecule has 0 aromatic heterocycles. The van der Waals surface area contributed by atoms with E-state index in [4.69, 9.17) is 22.1 Å². The van der Waals surface area contributed by atoms with Crippen molar-refractivity contribution in [3.05, 3.63) is 64.2 Å². The van der Waals surface area contributed by atoms with Gasteiger partial charge in [-0.25, -0.2) is 13.6 Å². The fraction of sp³-hybridized carbons (Fsp3) is 0.552. The molecule has 2 aromatic carbocycles. The first-order valence-electron chi connectivity index (χ1n) is 13.3. The number of rotatable bonds is 9. The minimum Gasteiger partial charge on any atom is -0.449 e. The van der Waals surface area contributed by atoms with Crippen LogP contribution in [0.4, 0.5) is 19.3 Å². The van der Waals surface area contributed by atoms with Gasteiger partial charge in [-0.15, -0.1) is 0 Å². The van der Waals surface area contributed by atoms with Crippen molar-refractivity contribution in [1.29, 1.82) is 0 Å². The largest absolute Gasteiger partial charge is 0.449 e. The zero-order valence-electron chi connectivity index (χ0n) is 20.9. The van der Waals surface area contributed by atoms with E-state index in [1.807, 2.05) is 12.1 Å². The normalized spacial score (nSPS) is 19.4. The van der Waals surface area contributed by atoms with Gasteiger partial charge in [0.1, 0.15) is 11.6 Å². The SMILES string of the molecule is Nc1ccc(CC(Cc2cc(F)ccc2F)C[C@H]2CCN(C(=O)OCCC3CCCCC3)C2)cc1Cl. The van der Waals surface area contributed by atoms with E-state index in [-0.39, 0.29) is 17.9 Å². The van der Waals surface area contributed by atoms with Gasteiger partial charge in [-0.05, 0) is 91.3 Å². The van der Waals surface area contributed by atoms with Crippen molar-refractivity contribution >= 4 is 23.4 Å². The second-order valence-electron chi connectivity index (χ2n) is 10.6. The Morgan fingerprint density at radius 1 is 1.06 bits per heavy atom. The molecule has 4 nitrogen and oxygen atoms in total. The van der Waals surface area contributed by atoms with E-state index in [0.717, 1.165) is 30.9 Å². The summed E-state index contributed by atoms with van der Waals surface area (Å²) in [5.41, 5.74) is 7.76. The molecule has 2 aromatic rings. The fourth-order valence-corrected chi connectivity index (χ4v) is 6.03. The van der Waals surface area contributed by atoms with Crippen LogP contribution in [0, 0.1) is 29.4 Å². The summed E-state index contributed by atoms with van der Waals surface area (Å²) in [6.45, 7) is 1.79. The average molecular weight is 519 g/mol. The third kappa shape index (κ3) is 7.58. The van der Waals surface area contributed by atoms with E-state index in [1.54, 1.807) is 11.0 Å². The molecule has 4 rings (SSSR count). The predicted octanol–water partition coefficient (Wildman–Crippen LogP) is 7.42. The van der Waals surface area contributed by atoms with Gasteiger partial charge >= 0.3 is 6.09 Å². The maximum absolute atomic E-state index is 14.4. The van der Waals surface area contributed by atoms with E-state index in [0.29, 0.717) is 54.7 Å². The lowest BCUT2D eigenvalue weighted by molar-refractivity contribution is 0.100. The van der Waals surface area contributed by atoms with Crippen molar-refractivity contribution in [2.75, 3.05) is 25.4 Å². The fourth-order valence-electron chi connectivity index (χ4n) is 5.82. The lowest BCUT2D eigenvalue weighted by atomic mass is 9.84. The van der Waals surface area contributed by atoms with Gasteiger partial charge in [0.15, 0.2) is 0 Å². The Balaban J connectivity index is 1.34. The Labute approximate surface area is 218 Å². The average Bonchev–Trinajstić information content (AvgIpc) is 3.33. The standard InChI is InChI=1S/C29H37ClF2N2O2/c30-26-17-21(6-9-28(26)33)14-23(16-24-18-25(31)7-8-27(24)32)15-22-10-12-34(19-22)29(35)36-13-11-20-4-2-1-3-5-20/h6-9,17-18,20,22-23H,1-5,10-16,19,33H2/t22-,23?/m1/s1. The zero-order chi connectivity index (χ0) is 25.5. The Morgan fingerprint density at radius 3 is 2.64 bits per heavy atom. The molecule has 2 atom stereocenters. The van der Waals surface area contributed by atoms with Gasteiger partial charge in [-0.3, -0.25) is 0 Å². The van der Waals surface area contributed by atoms with Gasteiger partial charge in [-0.1, -0.05) is 49.8 Å². The number of nitrogen functional groups attached to an aromatic ring is 1. The van der Waals surface area contributed by atoms with Gasteiger partial charge in [0.05, 0.1) is 17.3 Å². The molecule has 1 unspecified atom stereocenters. The molecule has 196 valence electrons. The Morgan fingerprint density at radius 2 is 1.86 bits per heavy atom. The summed E-state index contributed by atoms with van der Waals surface area (Å²) in [5.74, 6) is 0.189. The number of carbonyl (C=O) groups is 1. The van der Waals surface area contributed by atoms with Crippen LogP contribution in [-0.2, 0) is 17.6 Å². The number of likely N-dealkylation sites (tertiary alicyclic amines) is 1. The van der Waals surface area contributed by atoms with Crippen LogP contribution in [0.15, 0.2) is 36.4 Å². The molecule has 1 heterocycles. The number of halogens is 3. The van der Waals surface area contributed by atoms with Gasteiger partial charge in [0.2, 0.25) is 0 Å². The van der Waals surface area contributed by atoms with Crippen LogP contribution in [-0.4, -0.2) is 30.7 Å². The second kappa shape index (κ2) is 12.8. The molecular formula is C29H37ClF2N2O2. The van der Waals surface area contributed by atoms with Crippen LogP contribution < -0.4 is 5.73 Å². The molecule has 7 heteroatoms. The van der Waals surface area contributed by atoms with Gasteiger partial charge in [-0.2, -0.15) is 0 Å². The summed E-state index contributed by atoms with van der Waals surface area (Å²) >= 11 is 6.23. The monoisotopic (exact) mass is 518 g/mol. The molecule has 1 amide bonds. The summed E-state index contributed by atoms with van der Waals surface area (Å²) in [6, 6.07) is 9.16. The molecule has 1 saturated heterocycles. The molecule has 2 aliphatic rings. The third-order valence-corrected chi connectivity index (χ3v) is 8.12. The highest BCUT2D eigenvalue weighted by atomic mass is 35.5. The molecule has 1 aliphatic heterocycles. The van der Waals surface area contributed by atoms with Crippen molar-refractivity contribution in [2.24, 2.45) is 17.8 Å². The van der Waals surface area contributed by atoms with Gasteiger partial charge < -0.3 is 15.4 Å². The quantitative estimate of drug-likeness (QED) is 0.351. The van der Waals surface area contributed by atoms with Crippen molar-refractivity contribution in [3.8, 4) is 0 Å². The van der Waals surface area contributed by atoms with E-state index >= 15 is 0 Å². The summed E-state index contributed by atoms with van der Waals surface area (Å²) < 4.78 is 33.9. The minimum absolute atomic E-state index is 0.0632. The second-order valence-corrected chi connectivity index (χ2v) is 11.0. The molecule has 2 fully saturated rings. The first-order chi connectivity index (χ1) is 17.4. The number of hydrogen-bond acceptors (Lipinski definition) is 3. The molecule has 0 bridgehead atoms. The number of carbonyl (C=O) groups excluding carboxylic acids is 1. The molecule has 1 aliphatic carbocycles.